The SMILES string of the molecule is [C]1CCc2nccn2C1. The van der Waals surface area contributed by atoms with Gasteiger partial charge in [-0.1, -0.05) is 0 Å². The third kappa shape index (κ3) is 0.745. The Morgan fingerprint density at radius 3 is 3.56 bits per heavy atom. The van der Waals surface area contributed by atoms with E-state index >= 15 is 0 Å². The highest BCUT2D eigenvalue weighted by Crippen LogP contribution is 2.10. The van der Waals surface area contributed by atoms with E-state index in [0.29, 0.717) is 0 Å². The Morgan fingerprint density at radius 2 is 2.67 bits per heavy atom. The minimum absolute atomic E-state index is 0.926. The predicted molar refractivity (Wildman–Crippen MR) is 33.8 cm³/mol. The predicted octanol–water partition coefficient (Wildman–Crippen LogP) is 0.911. The monoisotopic (exact) mass is 120 g/mol. The lowest BCUT2D eigenvalue weighted by atomic mass is 10.2. The van der Waals surface area contributed by atoms with Crippen molar-refractivity contribution in [3.05, 3.63) is 24.6 Å². The zero-order valence-electron chi connectivity index (χ0n) is 5.17. The summed E-state index contributed by atoms with van der Waals surface area (Å²) in [5.74, 6) is 1.20. The van der Waals surface area contributed by atoms with Crippen LogP contribution in [0.4, 0.5) is 0 Å². The van der Waals surface area contributed by atoms with Gasteiger partial charge in [0.15, 0.2) is 0 Å². The first kappa shape index (κ1) is 5.03. The molecule has 0 fully saturated rings. The van der Waals surface area contributed by atoms with Gasteiger partial charge in [0.1, 0.15) is 5.82 Å². The van der Waals surface area contributed by atoms with Gasteiger partial charge in [-0.15, -0.1) is 0 Å². The highest BCUT2D eigenvalue weighted by molar-refractivity contribution is 4.98. The Bertz CT molecular complexity index is 182. The number of rotatable bonds is 0. The van der Waals surface area contributed by atoms with Crippen molar-refractivity contribution in [2.24, 2.45) is 0 Å². The van der Waals surface area contributed by atoms with E-state index in [1.165, 1.54) is 5.82 Å². The molecule has 2 radical (unpaired) electrons. The molecule has 9 heavy (non-hydrogen) atoms. The molecule has 0 N–H and O–H groups in total. The smallest absolute Gasteiger partial charge is 0.108 e. The molecule has 1 aliphatic heterocycles. The summed E-state index contributed by atoms with van der Waals surface area (Å²) in [5.41, 5.74) is 0. The van der Waals surface area contributed by atoms with Crippen LogP contribution in [0.1, 0.15) is 12.2 Å². The Hall–Kier alpha value is -0.790. The number of hydrogen-bond acceptors (Lipinski definition) is 1. The molecule has 0 spiro atoms. The Balaban J connectivity index is 2.39. The maximum absolute atomic E-state index is 4.18. The molecule has 0 atom stereocenters. The van der Waals surface area contributed by atoms with Crippen molar-refractivity contribution in [3.8, 4) is 0 Å². The van der Waals surface area contributed by atoms with Crippen LogP contribution >= 0.6 is 0 Å². The lowest BCUT2D eigenvalue weighted by molar-refractivity contribution is 0.620. The quantitative estimate of drug-likeness (QED) is 0.497. The molecule has 0 amide bonds. The molecular formula is C7H8N2. The van der Waals surface area contributed by atoms with Gasteiger partial charge in [-0.3, -0.25) is 0 Å². The molecular weight excluding hydrogens is 112 g/mol. The summed E-state index contributed by atoms with van der Waals surface area (Å²) >= 11 is 0. The average Bonchev–Trinajstić information content (AvgIpc) is 2.33. The van der Waals surface area contributed by atoms with Gasteiger partial charge in [-0.25, -0.2) is 4.98 Å². The molecule has 2 nitrogen and oxygen atoms in total. The van der Waals surface area contributed by atoms with E-state index in [1.54, 1.807) is 0 Å². The van der Waals surface area contributed by atoms with Crippen LogP contribution < -0.4 is 0 Å². The zero-order valence-corrected chi connectivity index (χ0v) is 5.17. The van der Waals surface area contributed by atoms with Gasteiger partial charge < -0.3 is 4.57 Å². The molecule has 1 aromatic rings. The maximum Gasteiger partial charge on any atom is 0.108 e. The van der Waals surface area contributed by atoms with Gasteiger partial charge in [0.2, 0.25) is 0 Å². The summed E-state index contributed by atoms with van der Waals surface area (Å²) in [6.45, 7) is 0.926. The van der Waals surface area contributed by atoms with Gasteiger partial charge in [-0.05, 0) is 6.42 Å². The van der Waals surface area contributed by atoms with Gasteiger partial charge in [0.05, 0.1) is 0 Å². The molecule has 1 aromatic heterocycles. The molecule has 0 aromatic carbocycles. The van der Waals surface area contributed by atoms with Gasteiger partial charge in [0.25, 0.3) is 0 Å². The normalized spacial score (nSPS) is 17.3. The molecule has 0 aliphatic carbocycles. The fourth-order valence-electron chi connectivity index (χ4n) is 1.11. The first-order valence-electron chi connectivity index (χ1n) is 3.17. The second-order valence-corrected chi connectivity index (χ2v) is 2.22. The number of nitrogens with zero attached hydrogens (tertiary/aromatic N) is 2. The van der Waals surface area contributed by atoms with Gasteiger partial charge >= 0.3 is 0 Å². The number of imidazole rings is 1. The van der Waals surface area contributed by atoms with Crippen molar-refractivity contribution in [1.29, 1.82) is 0 Å². The van der Waals surface area contributed by atoms with E-state index in [-0.39, 0.29) is 0 Å². The van der Waals surface area contributed by atoms with Crippen molar-refractivity contribution in [1.82, 2.24) is 9.55 Å². The highest BCUT2D eigenvalue weighted by atomic mass is 15.1. The molecule has 0 bridgehead atoms. The second kappa shape index (κ2) is 1.87. The first-order chi connectivity index (χ1) is 4.47. The van der Waals surface area contributed by atoms with Crippen molar-refractivity contribution < 1.29 is 0 Å². The summed E-state index contributed by atoms with van der Waals surface area (Å²) in [6.07, 6.45) is 9.23. The lowest BCUT2D eigenvalue weighted by Gasteiger charge is -2.11. The zero-order chi connectivity index (χ0) is 6.10. The van der Waals surface area contributed by atoms with Crippen LogP contribution in [-0.4, -0.2) is 9.55 Å². The van der Waals surface area contributed by atoms with Crippen molar-refractivity contribution in [2.75, 3.05) is 0 Å². The third-order valence-electron chi connectivity index (χ3n) is 1.61. The summed E-state index contributed by atoms with van der Waals surface area (Å²) < 4.78 is 2.13. The topological polar surface area (TPSA) is 17.8 Å². The van der Waals surface area contributed by atoms with Crippen molar-refractivity contribution >= 4 is 0 Å². The minimum Gasteiger partial charge on any atom is -0.334 e. The van der Waals surface area contributed by atoms with E-state index in [0.717, 1.165) is 19.4 Å². The highest BCUT2D eigenvalue weighted by Gasteiger charge is 2.07. The third-order valence-corrected chi connectivity index (χ3v) is 1.61. The van der Waals surface area contributed by atoms with Crippen LogP contribution in [0.2, 0.25) is 0 Å². The minimum atomic E-state index is 0.926. The summed E-state index contributed by atoms with van der Waals surface area (Å²) in [5, 5.41) is 0. The van der Waals surface area contributed by atoms with E-state index in [4.69, 9.17) is 0 Å². The fraction of sp³-hybridized carbons (Fsp3) is 0.429. The summed E-state index contributed by atoms with van der Waals surface area (Å²) in [7, 11) is 0. The van der Waals surface area contributed by atoms with Crippen LogP contribution in [0.25, 0.3) is 0 Å². The van der Waals surface area contributed by atoms with Crippen LogP contribution in [0.5, 0.6) is 0 Å². The van der Waals surface area contributed by atoms with Crippen LogP contribution in [0.3, 0.4) is 0 Å². The van der Waals surface area contributed by atoms with Gasteiger partial charge in [0, 0.05) is 31.8 Å². The van der Waals surface area contributed by atoms with E-state index in [1.807, 2.05) is 12.4 Å². The lowest BCUT2D eigenvalue weighted by Crippen LogP contribution is -2.09. The van der Waals surface area contributed by atoms with E-state index in [2.05, 4.69) is 16.0 Å². The molecule has 2 heteroatoms. The fourth-order valence-corrected chi connectivity index (χ4v) is 1.11. The largest absolute Gasteiger partial charge is 0.334 e. The molecule has 46 valence electrons. The van der Waals surface area contributed by atoms with Crippen LogP contribution in [0.15, 0.2) is 12.4 Å². The molecule has 0 saturated carbocycles. The summed E-state index contributed by atoms with van der Waals surface area (Å²) in [6, 6.07) is 0. The number of hydrogen-bond donors (Lipinski definition) is 0. The number of aromatic nitrogens is 2. The molecule has 1 aliphatic rings. The second-order valence-electron chi connectivity index (χ2n) is 2.22. The van der Waals surface area contributed by atoms with E-state index in [9.17, 15) is 0 Å². The van der Waals surface area contributed by atoms with Crippen molar-refractivity contribution in [2.45, 2.75) is 19.4 Å². The van der Waals surface area contributed by atoms with Crippen molar-refractivity contribution in [3.63, 3.8) is 0 Å². The van der Waals surface area contributed by atoms with Crippen LogP contribution in [-0.2, 0) is 13.0 Å². The van der Waals surface area contributed by atoms with Crippen LogP contribution in [0, 0.1) is 6.42 Å². The molecule has 2 heterocycles. The standard InChI is InChI=1S/C7H8N2/c1-2-5-9-6-4-8-7(9)3-1/h4,6H,1,3,5H2. The Labute approximate surface area is 54.5 Å². The molecule has 0 saturated heterocycles. The van der Waals surface area contributed by atoms with E-state index < -0.39 is 0 Å². The first-order valence-corrected chi connectivity index (χ1v) is 3.17. The number of fused-ring (bicyclic) bond motifs is 1. The molecule has 0 unspecified atom stereocenters. The molecule has 2 rings (SSSR count). The average molecular weight is 120 g/mol. The summed E-state index contributed by atoms with van der Waals surface area (Å²) in [4.78, 5) is 4.18. The van der Waals surface area contributed by atoms with Gasteiger partial charge in [-0.2, -0.15) is 0 Å². The maximum atomic E-state index is 4.18. The number of aryl methyl sites for hydroxylation is 1. The Kier molecular flexibility index (Phi) is 1.04. The Morgan fingerprint density at radius 1 is 1.67 bits per heavy atom.